The maximum atomic E-state index is 5.14. The average Bonchev–Trinajstić information content (AvgIpc) is 2.29. The van der Waals surface area contributed by atoms with Gasteiger partial charge in [0.1, 0.15) is 11.6 Å². The minimum atomic E-state index is 0.406. The molecule has 1 atom stereocenters. The molecule has 1 heterocycles. The molecule has 0 radical (unpaired) electrons. The minimum Gasteiger partial charge on any atom is -0.481 e. The first-order valence-corrected chi connectivity index (χ1v) is 6.26. The van der Waals surface area contributed by atoms with E-state index < -0.39 is 0 Å². The second-order valence-electron chi connectivity index (χ2n) is 4.35. The predicted octanol–water partition coefficient (Wildman–Crippen LogP) is 3.03. The Balaban J connectivity index is 2.76. The lowest BCUT2D eigenvalue weighted by atomic mass is 9.95. The van der Waals surface area contributed by atoms with Gasteiger partial charge in [-0.25, -0.2) is 4.98 Å². The van der Waals surface area contributed by atoms with Gasteiger partial charge in [0, 0.05) is 12.1 Å². The van der Waals surface area contributed by atoms with Crippen LogP contribution < -0.4 is 10.1 Å². The molecule has 1 unspecified atom stereocenters. The van der Waals surface area contributed by atoms with Gasteiger partial charge in [0.25, 0.3) is 0 Å². The lowest BCUT2D eigenvalue weighted by Gasteiger charge is -2.23. The fourth-order valence-electron chi connectivity index (χ4n) is 2.07. The summed E-state index contributed by atoms with van der Waals surface area (Å²) >= 11 is 0. The molecular weight excluding hydrogens is 214 g/mol. The van der Waals surface area contributed by atoms with Crippen molar-refractivity contribution in [2.75, 3.05) is 12.4 Å². The van der Waals surface area contributed by atoms with Gasteiger partial charge in [-0.3, -0.25) is 0 Å². The molecule has 1 N–H and O–H groups in total. The van der Waals surface area contributed by atoms with Crippen molar-refractivity contribution >= 4 is 5.82 Å². The highest BCUT2D eigenvalue weighted by Gasteiger charge is 2.14. The third-order valence-electron chi connectivity index (χ3n) is 3.15. The van der Waals surface area contributed by atoms with Crippen LogP contribution in [0.5, 0.6) is 5.88 Å². The largest absolute Gasteiger partial charge is 0.481 e. The highest BCUT2D eigenvalue weighted by Crippen LogP contribution is 2.19. The Kier molecular flexibility index (Phi) is 5.19. The molecule has 1 aromatic heterocycles. The summed E-state index contributed by atoms with van der Waals surface area (Å²) in [6.07, 6.45) is 2.34. The van der Waals surface area contributed by atoms with Crippen LogP contribution in [0.25, 0.3) is 0 Å². The number of aryl methyl sites for hydroxylation is 1. The van der Waals surface area contributed by atoms with Crippen molar-refractivity contribution < 1.29 is 4.74 Å². The maximum Gasteiger partial charge on any atom is 0.218 e. The van der Waals surface area contributed by atoms with E-state index in [1.165, 1.54) is 12.8 Å². The summed E-state index contributed by atoms with van der Waals surface area (Å²) in [5, 5.41) is 3.43. The van der Waals surface area contributed by atoms with Crippen LogP contribution in [0.4, 0.5) is 5.82 Å². The van der Waals surface area contributed by atoms with Gasteiger partial charge in [0.15, 0.2) is 0 Å². The van der Waals surface area contributed by atoms with E-state index in [1.807, 2.05) is 13.0 Å². The zero-order valence-electron chi connectivity index (χ0n) is 11.4. The molecule has 0 aromatic carbocycles. The van der Waals surface area contributed by atoms with Crippen LogP contribution in [0.2, 0.25) is 0 Å². The second kappa shape index (κ2) is 6.42. The van der Waals surface area contributed by atoms with E-state index in [2.05, 4.69) is 36.1 Å². The summed E-state index contributed by atoms with van der Waals surface area (Å²) < 4.78 is 5.14. The lowest BCUT2D eigenvalue weighted by molar-refractivity contribution is 0.395. The SMILES string of the molecule is CCC(CC)C(C)Nc1cc(OC)nc(C)n1. The Morgan fingerprint density at radius 3 is 2.47 bits per heavy atom. The first-order valence-electron chi connectivity index (χ1n) is 6.26. The van der Waals surface area contributed by atoms with Crippen LogP contribution in [-0.2, 0) is 0 Å². The molecule has 4 nitrogen and oxygen atoms in total. The summed E-state index contributed by atoms with van der Waals surface area (Å²) in [5.74, 6) is 2.84. The summed E-state index contributed by atoms with van der Waals surface area (Å²) in [6.45, 7) is 8.51. The normalized spacial score (nSPS) is 12.6. The number of nitrogens with one attached hydrogen (secondary N) is 1. The summed E-state index contributed by atoms with van der Waals surface area (Å²) in [7, 11) is 1.62. The Morgan fingerprint density at radius 2 is 1.94 bits per heavy atom. The van der Waals surface area contributed by atoms with E-state index in [1.54, 1.807) is 7.11 Å². The van der Waals surface area contributed by atoms with Crippen molar-refractivity contribution in [3.8, 4) is 5.88 Å². The van der Waals surface area contributed by atoms with E-state index in [9.17, 15) is 0 Å². The number of nitrogens with zero attached hydrogens (tertiary/aromatic N) is 2. The summed E-state index contributed by atoms with van der Waals surface area (Å²) in [4.78, 5) is 8.54. The zero-order valence-corrected chi connectivity index (χ0v) is 11.4. The van der Waals surface area contributed by atoms with Crippen molar-refractivity contribution in [1.82, 2.24) is 9.97 Å². The fourth-order valence-corrected chi connectivity index (χ4v) is 2.07. The van der Waals surface area contributed by atoms with Gasteiger partial charge in [-0.15, -0.1) is 0 Å². The van der Waals surface area contributed by atoms with Crippen LogP contribution in [0.3, 0.4) is 0 Å². The first-order chi connectivity index (χ1) is 8.10. The number of anilines is 1. The highest BCUT2D eigenvalue weighted by molar-refractivity contribution is 5.39. The predicted molar refractivity (Wildman–Crippen MR) is 70.5 cm³/mol. The number of aromatic nitrogens is 2. The Hall–Kier alpha value is -1.32. The van der Waals surface area contributed by atoms with Gasteiger partial charge >= 0.3 is 0 Å². The monoisotopic (exact) mass is 237 g/mol. The number of rotatable bonds is 6. The molecule has 0 aliphatic carbocycles. The van der Waals surface area contributed by atoms with E-state index in [4.69, 9.17) is 4.74 Å². The minimum absolute atomic E-state index is 0.406. The molecule has 4 heteroatoms. The molecule has 1 rings (SSSR count). The van der Waals surface area contributed by atoms with E-state index in [-0.39, 0.29) is 0 Å². The van der Waals surface area contributed by atoms with Gasteiger partial charge in [0.05, 0.1) is 7.11 Å². The quantitative estimate of drug-likeness (QED) is 0.826. The summed E-state index contributed by atoms with van der Waals surface area (Å²) in [6, 6.07) is 2.25. The standard InChI is InChI=1S/C13H23N3O/c1-6-11(7-2)9(3)14-12-8-13(17-5)16-10(4)15-12/h8-9,11H,6-7H2,1-5H3,(H,14,15,16). The molecule has 96 valence electrons. The number of hydrogen-bond acceptors (Lipinski definition) is 4. The molecule has 0 saturated heterocycles. The molecule has 17 heavy (non-hydrogen) atoms. The number of ether oxygens (including phenoxy) is 1. The molecular formula is C13H23N3O. The van der Waals surface area contributed by atoms with Crippen LogP contribution in [-0.4, -0.2) is 23.1 Å². The van der Waals surface area contributed by atoms with Crippen molar-refractivity contribution in [1.29, 1.82) is 0 Å². The van der Waals surface area contributed by atoms with Crippen molar-refractivity contribution in [3.05, 3.63) is 11.9 Å². The molecule has 0 fully saturated rings. The van der Waals surface area contributed by atoms with Crippen molar-refractivity contribution in [2.45, 2.75) is 46.6 Å². The third-order valence-corrected chi connectivity index (χ3v) is 3.15. The molecule has 0 saturated carbocycles. The maximum absolute atomic E-state index is 5.14. The molecule has 0 bridgehead atoms. The van der Waals surface area contributed by atoms with Gasteiger partial charge in [-0.2, -0.15) is 4.98 Å². The molecule has 1 aromatic rings. The number of hydrogen-bond donors (Lipinski definition) is 1. The van der Waals surface area contributed by atoms with E-state index in [0.717, 1.165) is 11.6 Å². The van der Waals surface area contributed by atoms with Crippen LogP contribution in [0, 0.1) is 12.8 Å². The molecule has 0 amide bonds. The summed E-state index contributed by atoms with van der Waals surface area (Å²) in [5.41, 5.74) is 0. The molecule has 0 aliphatic rings. The second-order valence-corrected chi connectivity index (χ2v) is 4.35. The zero-order chi connectivity index (χ0) is 12.8. The smallest absolute Gasteiger partial charge is 0.218 e. The topological polar surface area (TPSA) is 47.0 Å². The van der Waals surface area contributed by atoms with Crippen LogP contribution >= 0.6 is 0 Å². The van der Waals surface area contributed by atoms with Crippen molar-refractivity contribution in [2.24, 2.45) is 5.92 Å². The van der Waals surface area contributed by atoms with E-state index in [0.29, 0.717) is 17.8 Å². The fraction of sp³-hybridized carbons (Fsp3) is 0.692. The van der Waals surface area contributed by atoms with Gasteiger partial charge in [-0.05, 0) is 19.8 Å². The van der Waals surface area contributed by atoms with Gasteiger partial charge < -0.3 is 10.1 Å². The Morgan fingerprint density at radius 1 is 1.29 bits per heavy atom. The van der Waals surface area contributed by atoms with E-state index >= 15 is 0 Å². The van der Waals surface area contributed by atoms with Gasteiger partial charge in [-0.1, -0.05) is 26.7 Å². The third kappa shape index (κ3) is 3.88. The molecule has 0 aliphatic heterocycles. The van der Waals surface area contributed by atoms with Crippen molar-refractivity contribution in [3.63, 3.8) is 0 Å². The Bertz CT molecular complexity index is 351. The molecule has 0 spiro atoms. The van der Waals surface area contributed by atoms with Crippen LogP contribution in [0.1, 0.15) is 39.4 Å². The first kappa shape index (κ1) is 13.7. The van der Waals surface area contributed by atoms with Crippen LogP contribution in [0.15, 0.2) is 6.07 Å². The van der Waals surface area contributed by atoms with Gasteiger partial charge in [0.2, 0.25) is 5.88 Å². The highest BCUT2D eigenvalue weighted by atomic mass is 16.5. The average molecular weight is 237 g/mol. The number of methoxy groups -OCH3 is 1. The Labute approximate surface area is 104 Å². The lowest BCUT2D eigenvalue weighted by Crippen LogP contribution is -2.25.